The first-order valence-corrected chi connectivity index (χ1v) is 7.15. The van der Waals surface area contributed by atoms with Crippen molar-refractivity contribution in [2.75, 3.05) is 13.2 Å². The van der Waals surface area contributed by atoms with Crippen LogP contribution in [0.25, 0.3) is 0 Å². The van der Waals surface area contributed by atoms with E-state index >= 15 is 0 Å². The molecule has 1 aliphatic rings. The summed E-state index contributed by atoms with van der Waals surface area (Å²) in [5.41, 5.74) is 1.46. The molecule has 1 atom stereocenters. The second kappa shape index (κ2) is 6.49. The first-order valence-electron chi connectivity index (χ1n) is 7.15. The fourth-order valence-electron chi connectivity index (χ4n) is 2.35. The van der Waals surface area contributed by atoms with Crippen molar-refractivity contribution in [1.82, 2.24) is 20.3 Å². The minimum atomic E-state index is -0.204. The van der Waals surface area contributed by atoms with Crippen molar-refractivity contribution in [3.8, 4) is 0 Å². The Morgan fingerprint density at radius 3 is 3.00 bits per heavy atom. The first-order chi connectivity index (χ1) is 10.3. The van der Waals surface area contributed by atoms with Gasteiger partial charge in [0.1, 0.15) is 0 Å². The number of nitrogens with zero attached hydrogens (tertiary/aromatic N) is 3. The summed E-state index contributed by atoms with van der Waals surface area (Å²) in [6.07, 6.45) is 3.86. The molecule has 2 heterocycles. The van der Waals surface area contributed by atoms with E-state index in [-0.39, 0.29) is 12.0 Å². The van der Waals surface area contributed by atoms with Crippen molar-refractivity contribution in [3.63, 3.8) is 0 Å². The molecular weight excluding hydrogens is 268 g/mol. The van der Waals surface area contributed by atoms with Crippen LogP contribution in [-0.4, -0.2) is 40.2 Å². The monoisotopic (exact) mass is 286 g/mol. The van der Waals surface area contributed by atoms with E-state index in [1.165, 1.54) is 0 Å². The summed E-state index contributed by atoms with van der Waals surface area (Å²) in [7, 11) is 0. The van der Waals surface area contributed by atoms with Crippen molar-refractivity contribution in [2.45, 2.75) is 25.5 Å². The highest BCUT2D eigenvalue weighted by Gasteiger charge is 2.17. The van der Waals surface area contributed by atoms with Crippen molar-refractivity contribution in [1.29, 1.82) is 0 Å². The van der Waals surface area contributed by atoms with E-state index < -0.39 is 0 Å². The number of rotatable bonds is 5. The molecule has 21 heavy (non-hydrogen) atoms. The second-order valence-electron chi connectivity index (χ2n) is 5.13. The van der Waals surface area contributed by atoms with Crippen molar-refractivity contribution >= 4 is 5.91 Å². The zero-order valence-electron chi connectivity index (χ0n) is 11.7. The molecule has 6 heteroatoms. The van der Waals surface area contributed by atoms with Crippen LogP contribution in [0.15, 0.2) is 36.5 Å². The summed E-state index contributed by atoms with van der Waals surface area (Å²) < 4.78 is 7.13. The molecule has 2 aromatic rings. The van der Waals surface area contributed by atoms with Crippen LogP contribution < -0.4 is 5.32 Å². The summed E-state index contributed by atoms with van der Waals surface area (Å²) in [6.45, 7) is 1.92. The van der Waals surface area contributed by atoms with E-state index in [4.69, 9.17) is 4.74 Å². The summed E-state index contributed by atoms with van der Waals surface area (Å²) in [4.78, 5) is 12.0. The van der Waals surface area contributed by atoms with Crippen molar-refractivity contribution in [2.24, 2.45) is 0 Å². The Bertz CT molecular complexity index is 591. The van der Waals surface area contributed by atoms with Crippen LogP contribution in [-0.2, 0) is 11.3 Å². The lowest BCUT2D eigenvalue weighted by molar-refractivity contribution is 0.0853. The molecule has 1 amide bonds. The average molecular weight is 286 g/mol. The molecule has 1 aromatic carbocycles. The van der Waals surface area contributed by atoms with Gasteiger partial charge in [0, 0.05) is 13.2 Å². The second-order valence-corrected chi connectivity index (χ2v) is 5.13. The Labute approximate surface area is 123 Å². The van der Waals surface area contributed by atoms with Gasteiger partial charge in [0.05, 0.1) is 18.8 Å². The maximum absolute atomic E-state index is 12.0. The van der Waals surface area contributed by atoms with Gasteiger partial charge >= 0.3 is 0 Å². The largest absolute Gasteiger partial charge is 0.376 e. The van der Waals surface area contributed by atoms with E-state index in [0.717, 1.165) is 25.0 Å². The number of hydrogen-bond donors (Lipinski definition) is 1. The number of hydrogen-bond acceptors (Lipinski definition) is 4. The topological polar surface area (TPSA) is 69.0 Å². The molecule has 1 saturated heterocycles. The highest BCUT2D eigenvalue weighted by Crippen LogP contribution is 2.10. The van der Waals surface area contributed by atoms with Crippen LogP contribution in [0.5, 0.6) is 0 Å². The van der Waals surface area contributed by atoms with Crippen LogP contribution in [0.1, 0.15) is 28.9 Å². The minimum absolute atomic E-state index is 0.133. The van der Waals surface area contributed by atoms with E-state index in [1.54, 1.807) is 10.9 Å². The highest BCUT2D eigenvalue weighted by molar-refractivity contribution is 5.91. The Balaban J connectivity index is 1.55. The molecule has 0 radical (unpaired) electrons. The van der Waals surface area contributed by atoms with E-state index in [0.29, 0.717) is 18.8 Å². The third-order valence-corrected chi connectivity index (χ3v) is 3.47. The SMILES string of the molecule is O=C(NCC1CCCO1)c1cn(Cc2ccccc2)nn1. The Kier molecular flexibility index (Phi) is 4.25. The van der Waals surface area contributed by atoms with Crippen LogP contribution in [0.3, 0.4) is 0 Å². The number of ether oxygens (including phenoxy) is 1. The molecule has 110 valence electrons. The van der Waals surface area contributed by atoms with E-state index in [9.17, 15) is 4.79 Å². The van der Waals surface area contributed by atoms with Gasteiger partial charge in [0.25, 0.3) is 5.91 Å². The lowest BCUT2D eigenvalue weighted by Crippen LogP contribution is -2.31. The van der Waals surface area contributed by atoms with Gasteiger partial charge in [-0.05, 0) is 18.4 Å². The molecule has 3 rings (SSSR count). The molecule has 1 aromatic heterocycles. The maximum Gasteiger partial charge on any atom is 0.273 e. The first kappa shape index (κ1) is 13.8. The predicted molar refractivity (Wildman–Crippen MR) is 76.9 cm³/mol. The maximum atomic E-state index is 12.0. The molecule has 1 unspecified atom stereocenters. The number of amides is 1. The van der Waals surface area contributed by atoms with Gasteiger partial charge in [-0.15, -0.1) is 5.10 Å². The van der Waals surface area contributed by atoms with Crippen LogP contribution in [0, 0.1) is 0 Å². The van der Waals surface area contributed by atoms with E-state index in [1.807, 2.05) is 30.3 Å². The molecule has 0 bridgehead atoms. The van der Waals surface area contributed by atoms with Gasteiger partial charge in [-0.25, -0.2) is 4.68 Å². The molecule has 0 saturated carbocycles. The normalized spacial score (nSPS) is 17.8. The predicted octanol–water partition coefficient (Wildman–Crippen LogP) is 1.24. The Morgan fingerprint density at radius 2 is 2.24 bits per heavy atom. The Morgan fingerprint density at radius 1 is 1.38 bits per heavy atom. The minimum Gasteiger partial charge on any atom is -0.376 e. The smallest absolute Gasteiger partial charge is 0.273 e. The fraction of sp³-hybridized carbons (Fsp3) is 0.400. The zero-order chi connectivity index (χ0) is 14.5. The van der Waals surface area contributed by atoms with Gasteiger partial charge in [-0.2, -0.15) is 0 Å². The number of benzene rings is 1. The van der Waals surface area contributed by atoms with Gasteiger partial charge < -0.3 is 10.1 Å². The third kappa shape index (κ3) is 3.66. The molecular formula is C15H18N4O2. The third-order valence-electron chi connectivity index (χ3n) is 3.47. The number of carbonyl (C=O) groups is 1. The lowest BCUT2D eigenvalue weighted by atomic mass is 10.2. The summed E-state index contributed by atoms with van der Waals surface area (Å²) in [5, 5.41) is 10.7. The van der Waals surface area contributed by atoms with Gasteiger partial charge in [0.2, 0.25) is 0 Å². The average Bonchev–Trinajstić information content (AvgIpc) is 3.17. The number of carbonyl (C=O) groups excluding carboxylic acids is 1. The van der Waals surface area contributed by atoms with Gasteiger partial charge in [-0.1, -0.05) is 35.5 Å². The molecule has 0 spiro atoms. The van der Waals surface area contributed by atoms with Crippen molar-refractivity contribution in [3.05, 3.63) is 47.8 Å². The zero-order valence-corrected chi connectivity index (χ0v) is 11.7. The number of nitrogens with one attached hydrogen (secondary N) is 1. The fourth-order valence-corrected chi connectivity index (χ4v) is 2.35. The van der Waals surface area contributed by atoms with Gasteiger partial charge in [0.15, 0.2) is 5.69 Å². The lowest BCUT2D eigenvalue weighted by Gasteiger charge is -2.09. The van der Waals surface area contributed by atoms with Crippen LogP contribution in [0.4, 0.5) is 0 Å². The van der Waals surface area contributed by atoms with Gasteiger partial charge in [-0.3, -0.25) is 4.79 Å². The summed E-state index contributed by atoms with van der Waals surface area (Å²) in [5.74, 6) is -0.204. The molecule has 1 aliphatic heterocycles. The van der Waals surface area contributed by atoms with Crippen molar-refractivity contribution < 1.29 is 9.53 Å². The Hall–Kier alpha value is -2.21. The number of aromatic nitrogens is 3. The van der Waals surface area contributed by atoms with E-state index in [2.05, 4.69) is 15.6 Å². The standard InChI is InChI=1S/C15H18N4O2/c20-15(16-9-13-7-4-8-21-13)14-11-19(18-17-14)10-12-5-2-1-3-6-12/h1-3,5-6,11,13H,4,7-10H2,(H,16,20). The molecule has 1 N–H and O–H groups in total. The molecule has 1 fully saturated rings. The summed E-state index contributed by atoms with van der Waals surface area (Å²) >= 11 is 0. The van der Waals surface area contributed by atoms with Crippen LogP contribution in [0.2, 0.25) is 0 Å². The molecule has 0 aliphatic carbocycles. The van der Waals surface area contributed by atoms with Crippen LogP contribution >= 0.6 is 0 Å². The summed E-state index contributed by atoms with van der Waals surface area (Å²) in [6, 6.07) is 9.94. The molecule has 6 nitrogen and oxygen atoms in total. The highest BCUT2D eigenvalue weighted by atomic mass is 16.5. The quantitative estimate of drug-likeness (QED) is 0.897.